The zero-order chi connectivity index (χ0) is 19.1. The molecule has 0 radical (unpaired) electrons. The van der Waals surface area contributed by atoms with Gasteiger partial charge in [0.15, 0.2) is 0 Å². The van der Waals surface area contributed by atoms with Crippen LogP contribution in [-0.4, -0.2) is 34.0 Å². The molecule has 1 N–H and O–H groups in total. The summed E-state index contributed by atoms with van der Waals surface area (Å²) >= 11 is 0. The topological polar surface area (TPSA) is 31.9 Å². The molecule has 0 aliphatic carbocycles. The summed E-state index contributed by atoms with van der Waals surface area (Å²) in [4.78, 5) is 10.3. The third-order valence-electron chi connectivity index (χ3n) is 6.09. The van der Waals surface area contributed by atoms with E-state index in [1.54, 1.807) is 0 Å². The first-order chi connectivity index (χ1) is 13.7. The largest absolute Gasteiger partial charge is 0.360 e. The monoisotopic (exact) mass is 373 g/mol. The molecule has 1 unspecified atom stereocenters. The number of nitrogens with zero attached hydrogens (tertiary/aromatic N) is 2. The number of aromatic amines is 1. The molecule has 3 nitrogen and oxygen atoms in total. The van der Waals surface area contributed by atoms with Gasteiger partial charge in [-0.25, -0.2) is 4.39 Å². The minimum absolute atomic E-state index is 0.216. The molecule has 0 bridgehead atoms. The molecule has 2 aliphatic rings. The number of hydrogen-bond donors (Lipinski definition) is 1. The second kappa shape index (κ2) is 7.02. The fourth-order valence-corrected chi connectivity index (χ4v) is 4.80. The molecule has 0 saturated carbocycles. The van der Waals surface area contributed by atoms with Crippen molar-refractivity contribution in [3.05, 3.63) is 72.4 Å². The average Bonchev–Trinajstić information content (AvgIpc) is 3.31. The molecule has 2 aliphatic heterocycles. The van der Waals surface area contributed by atoms with Gasteiger partial charge < -0.3 is 4.98 Å². The number of benzene rings is 1. The van der Waals surface area contributed by atoms with Crippen molar-refractivity contribution in [3.8, 4) is 22.4 Å². The number of H-pyrrole nitrogens is 1. The summed E-state index contributed by atoms with van der Waals surface area (Å²) in [6.07, 6.45) is 10.5. The molecule has 4 heteroatoms. The van der Waals surface area contributed by atoms with E-state index < -0.39 is 0 Å². The van der Waals surface area contributed by atoms with Gasteiger partial charge in [0.2, 0.25) is 0 Å². The van der Waals surface area contributed by atoms with Gasteiger partial charge in [-0.15, -0.1) is 0 Å². The van der Waals surface area contributed by atoms with Gasteiger partial charge in [-0.2, -0.15) is 0 Å². The summed E-state index contributed by atoms with van der Waals surface area (Å²) in [5.74, 6) is 0.560. The van der Waals surface area contributed by atoms with Gasteiger partial charge in [0, 0.05) is 48.8 Å². The summed E-state index contributed by atoms with van der Waals surface area (Å²) in [5.41, 5.74) is 7.00. The van der Waals surface area contributed by atoms with Crippen molar-refractivity contribution in [1.82, 2.24) is 14.9 Å². The van der Waals surface area contributed by atoms with Crippen LogP contribution < -0.4 is 0 Å². The molecule has 0 amide bonds. The van der Waals surface area contributed by atoms with Crippen LogP contribution in [0.1, 0.15) is 25.3 Å². The molecular weight excluding hydrogens is 349 g/mol. The predicted molar refractivity (Wildman–Crippen MR) is 111 cm³/mol. The molecule has 1 fully saturated rings. The van der Waals surface area contributed by atoms with Crippen LogP contribution in [0.15, 0.2) is 61.1 Å². The minimum atomic E-state index is -0.216. The summed E-state index contributed by atoms with van der Waals surface area (Å²) < 4.78 is 13.4. The van der Waals surface area contributed by atoms with Crippen molar-refractivity contribution in [2.75, 3.05) is 13.1 Å². The number of rotatable bonds is 3. The Bertz CT molecular complexity index is 1000. The first-order valence-electron chi connectivity index (χ1n) is 10.00. The quantitative estimate of drug-likeness (QED) is 0.668. The van der Waals surface area contributed by atoms with Crippen LogP contribution in [0.3, 0.4) is 0 Å². The molecule has 5 rings (SSSR count). The highest BCUT2D eigenvalue weighted by atomic mass is 19.1. The van der Waals surface area contributed by atoms with Gasteiger partial charge in [-0.1, -0.05) is 13.0 Å². The number of aromatic nitrogens is 2. The Morgan fingerprint density at radius 2 is 1.86 bits per heavy atom. The second-order valence-electron chi connectivity index (χ2n) is 8.08. The average molecular weight is 373 g/mol. The lowest BCUT2D eigenvalue weighted by atomic mass is 9.89. The third-order valence-corrected chi connectivity index (χ3v) is 6.09. The zero-order valence-electron chi connectivity index (χ0n) is 16.0. The highest BCUT2D eigenvalue weighted by Gasteiger charge is 2.33. The van der Waals surface area contributed by atoms with Crippen molar-refractivity contribution < 1.29 is 4.39 Å². The van der Waals surface area contributed by atoms with Crippen LogP contribution in [0.2, 0.25) is 0 Å². The number of fused-ring (bicyclic) bond motifs is 1. The lowest BCUT2D eigenvalue weighted by Gasteiger charge is -2.29. The molecular formula is C24H24FN3. The van der Waals surface area contributed by atoms with Gasteiger partial charge in [-0.3, -0.25) is 9.88 Å². The van der Waals surface area contributed by atoms with Crippen molar-refractivity contribution in [1.29, 1.82) is 0 Å². The smallest absolute Gasteiger partial charge is 0.123 e. The van der Waals surface area contributed by atoms with Crippen LogP contribution in [0.5, 0.6) is 0 Å². The minimum Gasteiger partial charge on any atom is -0.360 e. The Labute approximate surface area is 164 Å². The summed E-state index contributed by atoms with van der Waals surface area (Å²) in [7, 11) is 0. The first kappa shape index (κ1) is 17.4. The normalized spacial score (nSPS) is 22.1. The number of pyridine rings is 1. The summed E-state index contributed by atoms with van der Waals surface area (Å²) in [5, 5.41) is 0. The van der Waals surface area contributed by atoms with E-state index in [4.69, 9.17) is 0 Å². The van der Waals surface area contributed by atoms with Gasteiger partial charge in [0.05, 0.1) is 5.69 Å². The van der Waals surface area contributed by atoms with E-state index in [2.05, 4.69) is 34.1 Å². The van der Waals surface area contributed by atoms with Gasteiger partial charge in [-0.05, 0) is 71.9 Å². The molecule has 142 valence electrons. The highest BCUT2D eigenvalue weighted by Crippen LogP contribution is 2.42. The SMILES string of the molecule is CC1C[C@H]2CC(c3c[nH]c(-c4ccc(F)cc4)c3-c3ccncc3)=CCN2C1. The molecule has 0 spiro atoms. The van der Waals surface area contributed by atoms with E-state index in [0.717, 1.165) is 35.7 Å². The lowest BCUT2D eigenvalue weighted by molar-refractivity contribution is 0.272. The van der Waals surface area contributed by atoms with E-state index in [1.165, 1.54) is 41.8 Å². The number of nitrogens with one attached hydrogen (secondary N) is 1. The Balaban J connectivity index is 1.60. The lowest BCUT2D eigenvalue weighted by Crippen LogP contribution is -2.33. The Hall–Kier alpha value is -2.72. The van der Waals surface area contributed by atoms with Crippen LogP contribution in [0.4, 0.5) is 4.39 Å². The second-order valence-corrected chi connectivity index (χ2v) is 8.08. The molecule has 2 atom stereocenters. The van der Waals surface area contributed by atoms with Crippen LogP contribution in [-0.2, 0) is 0 Å². The van der Waals surface area contributed by atoms with Crippen LogP contribution in [0, 0.1) is 11.7 Å². The van der Waals surface area contributed by atoms with Gasteiger partial charge in [0.25, 0.3) is 0 Å². The molecule has 28 heavy (non-hydrogen) atoms. The Morgan fingerprint density at radius 3 is 2.64 bits per heavy atom. The predicted octanol–water partition coefficient (Wildman–Crippen LogP) is 5.38. The standard InChI is InChI=1S/C24H24FN3/c1-16-12-21-13-19(8-11-28(21)15-16)22-14-27-24(18-2-4-20(25)5-3-18)23(22)17-6-9-26-10-7-17/h2-10,14,16,21,27H,11-13,15H2,1H3/t16?,21-/m0/s1. The molecule has 2 aromatic heterocycles. The van der Waals surface area contributed by atoms with E-state index in [-0.39, 0.29) is 5.82 Å². The van der Waals surface area contributed by atoms with Crippen molar-refractivity contribution in [2.24, 2.45) is 5.92 Å². The third kappa shape index (κ3) is 3.08. The van der Waals surface area contributed by atoms with Crippen molar-refractivity contribution >= 4 is 5.57 Å². The number of hydrogen-bond acceptors (Lipinski definition) is 2. The van der Waals surface area contributed by atoms with Crippen molar-refractivity contribution in [3.63, 3.8) is 0 Å². The van der Waals surface area contributed by atoms with E-state index in [9.17, 15) is 4.39 Å². The molecule has 1 saturated heterocycles. The fourth-order valence-electron chi connectivity index (χ4n) is 4.80. The maximum absolute atomic E-state index is 13.4. The van der Waals surface area contributed by atoms with Gasteiger partial charge in [0.1, 0.15) is 5.82 Å². The van der Waals surface area contributed by atoms with Crippen LogP contribution >= 0.6 is 0 Å². The maximum Gasteiger partial charge on any atom is 0.123 e. The Kier molecular flexibility index (Phi) is 4.36. The molecule has 3 aromatic rings. The highest BCUT2D eigenvalue weighted by molar-refractivity contribution is 5.91. The van der Waals surface area contributed by atoms with Gasteiger partial charge >= 0.3 is 0 Å². The zero-order valence-corrected chi connectivity index (χ0v) is 16.0. The van der Waals surface area contributed by atoms with E-state index >= 15 is 0 Å². The Morgan fingerprint density at radius 1 is 1.07 bits per heavy atom. The summed E-state index contributed by atoms with van der Waals surface area (Å²) in [6.45, 7) is 4.58. The molecule has 4 heterocycles. The fraction of sp³-hybridized carbons (Fsp3) is 0.292. The summed E-state index contributed by atoms with van der Waals surface area (Å²) in [6, 6.07) is 11.5. The van der Waals surface area contributed by atoms with Crippen molar-refractivity contribution in [2.45, 2.75) is 25.8 Å². The van der Waals surface area contributed by atoms with Crippen LogP contribution in [0.25, 0.3) is 28.0 Å². The van der Waals surface area contributed by atoms with E-state index in [1.807, 2.05) is 36.7 Å². The molecule has 1 aromatic carbocycles. The number of halogens is 1. The first-order valence-corrected chi connectivity index (χ1v) is 10.00. The van der Waals surface area contributed by atoms with E-state index in [0.29, 0.717) is 6.04 Å². The maximum atomic E-state index is 13.4.